The van der Waals surface area contributed by atoms with Gasteiger partial charge in [0.1, 0.15) is 6.04 Å². The van der Waals surface area contributed by atoms with Crippen LogP contribution in [0.4, 0.5) is 0 Å². The number of halogens is 2. The fraction of sp³-hybridized carbons (Fsp3) is 0.500. The van der Waals surface area contributed by atoms with E-state index in [0.29, 0.717) is 6.04 Å². The summed E-state index contributed by atoms with van der Waals surface area (Å²) in [5, 5.41) is 3.41. The van der Waals surface area contributed by atoms with E-state index >= 15 is 0 Å². The van der Waals surface area contributed by atoms with Gasteiger partial charge in [-0.15, -0.1) is 0 Å². The third-order valence-corrected chi connectivity index (χ3v) is 5.45. The van der Waals surface area contributed by atoms with E-state index in [9.17, 15) is 4.79 Å². The van der Waals surface area contributed by atoms with Crippen molar-refractivity contribution in [2.24, 2.45) is 5.73 Å². The topological polar surface area (TPSA) is 55.1 Å². The van der Waals surface area contributed by atoms with Crippen molar-refractivity contribution in [2.45, 2.75) is 44.2 Å². The average molecular weight is 390 g/mol. The Kier molecular flexibility index (Phi) is 5.42. The van der Waals surface area contributed by atoms with Gasteiger partial charge in [-0.25, -0.2) is 0 Å². The van der Waals surface area contributed by atoms with Gasteiger partial charge >= 0.3 is 0 Å². The number of benzene rings is 1. The Labute approximate surface area is 130 Å². The molecule has 0 radical (unpaired) electrons. The predicted molar refractivity (Wildman–Crippen MR) is 83.8 cm³/mol. The molecule has 1 saturated carbocycles. The van der Waals surface area contributed by atoms with Crippen LogP contribution in [0.3, 0.4) is 0 Å². The number of hydrogen-bond acceptors (Lipinski definition) is 2. The van der Waals surface area contributed by atoms with Gasteiger partial charge in [0, 0.05) is 15.0 Å². The third-order valence-electron chi connectivity index (χ3n) is 3.57. The molecule has 0 aromatic heterocycles. The van der Waals surface area contributed by atoms with Crippen molar-refractivity contribution in [1.29, 1.82) is 0 Å². The van der Waals surface area contributed by atoms with Crippen molar-refractivity contribution in [3.8, 4) is 0 Å². The lowest BCUT2D eigenvalue weighted by Crippen LogP contribution is -2.40. The van der Waals surface area contributed by atoms with E-state index in [4.69, 9.17) is 5.73 Å². The highest BCUT2D eigenvalue weighted by Gasteiger charge is 2.23. The summed E-state index contributed by atoms with van der Waals surface area (Å²) in [4.78, 5) is 11.7. The van der Waals surface area contributed by atoms with Crippen LogP contribution in [0.25, 0.3) is 0 Å². The average Bonchev–Trinajstić information content (AvgIpc) is 2.40. The summed E-state index contributed by atoms with van der Waals surface area (Å²) < 4.78 is 1.90. The predicted octanol–water partition coefficient (Wildman–Crippen LogP) is 3.66. The second-order valence-electron chi connectivity index (χ2n) is 5.01. The second kappa shape index (κ2) is 6.86. The van der Waals surface area contributed by atoms with Crippen LogP contribution in [-0.2, 0) is 4.79 Å². The first-order chi connectivity index (χ1) is 9.08. The summed E-state index contributed by atoms with van der Waals surface area (Å²) in [6.45, 7) is 0. The molecule has 1 aromatic carbocycles. The van der Waals surface area contributed by atoms with E-state index in [1.807, 2.05) is 18.2 Å². The highest BCUT2D eigenvalue weighted by atomic mass is 79.9. The molecule has 0 bridgehead atoms. The Balaban J connectivity index is 2.14. The molecule has 3 nitrogen and oxygen atoms in total. The number of primary amides is 1. The number of carbonyl (C=O) groups excluding carboxylic acids is 1. The van der Waals surface area contributed by atoms with Gasteiger partial charge in [-0.3, -0.25) is 10.1 Å². The van der Waals surface area contributed by atoms with Gasteiger partial charge < -0.3 is 5.73 Å². The molecule has 5 heteroatoms. The lowest BCUT2D eigenvalue weighted by atomic mass is 9.94. The normalized spacial score (nSPS) is 18.2. The standard InChI is InChI=1S/C14H18Br2N2O/c15-11-7-6-9(8-12(11)16)13(14(17)19)18-10-4-2-1-3-5-10/h6-8,10,13,18H,1-5H2,(H2,17,19). The van der Waals surface area contributed by atoms with E-state index in [2.05, 4.69) is 37.2 Å². The Hall–Kier alpha value is -0.390. The zero-order chi connectivity index (χ0) is 13.8. The first kappa shape index (κ1) is 15.0. The molecule has 104 valence electrons. The largest absolute Gasteiger partial charge is 0.368 e. The summed E-state index contributed by atoms with van der Waals surface area (Å²) in [5.41, 5.74) is 6.46. The number of hydrogen-bond donors (Lipinski definition) is 2. The van der Waals surface area contributed by atoms with Gasteiger partial charge in [-0.05, 0) is 62.4 Å². The molecule has 0 spiro atoms. The van der Waals surface area contributed by atoms with Gasteiger partial charge in [-0.1, -0.05) is 25.3 Å². The molecule has 0 saturated heterocycles. The summed E-state index contributed by atoms with van der Waals surface area (Å²) in [6.07, 6.45) is 6.01. The van der Waals surface area contributed by atoms with E-state index in [0.717, 1.165) is 27.4 Å². The van der Waals surface area contributed by atoms with E-state index in [1.54, 1.807) is 0 Å². The molecule has 1 aromatic rings. The summed E-state index contributed by atoms with van der Waals surface area (Å²) in [7, 11) is 0. The maximum absolute atomic E-state index is 11.7. The van der Waals surface area contributed by atoms with Crippen molar-refractivity contribution in [2.75, 3.05) is 0 Å². The van der Waals surface area contributed by atoms with Crippen molar-refractivity contribution in [1.82, 2.24) is 5.32 Å². The molecule has 1 aliphatic carbocycles. The molecular weight excluding hydrogens is 372 g/mol. The van der Waals surface area contributed by atoms with Gasteiger partial charge in [0.05, 0.1) is 0 Å². The highest BCUT2D eigenvalue weighted by molar-refractivity contribution is 9.13. The van der Waals surface area contributed by atoms with Crippen molar-refractivity contribution in [3.05, 3.63) is 32.7 Å². The quantitative estimate of drug-likeness (QED) is 0.825. The smallest absolute Gasteiger partial charge is 0.239 e. The SMILES string of the molecule is NC(=O)C(NC1CCCCC1)c1ccc(Br)c(Br)c1. The minimum absolute atomic E-state index is 0.320. The number of nitrogens with one attached hydrogen (secondary N) is 1. The third kappa shape index (κ3) is 4.04. The van der Waals surface area contributed by atoms with Crippen LogP contribution in [0.5, 0.6) is 0 Å². The van der Waals surface area contributed by atoms with Crippen LogP contribution in [0, 0.1) is 0 Å². The fourth-order valence-electron chi connectivity index (χ4n) is 2.54. The molecule has 3 N–H and O–H groups in total. The first-order valence-corrected chi connectivity index (χ1v) is 8.17. The zero-order valence-corrected chi connectivity index (χ0v) is 13.8. The molecule has 1 fully saturated rings. The molecule has 0 aliphatic heterocycles. The van der Waals surface area contributed by atoms with Crippen molar-refractivity contribution < 1.29 is 4.79 Å². The number of amides is 1. The summed E-state index contributed by atoms with van der Waals surface area (Å²) in [6, 6.07) is 5.79. The van der Waals surface area contributed by atoms with E-state index in [1.165, 1.54) is 19.3 Å². The maximum Gasteiger partial charge on any atom is 0.239 e. The molecule has 1 aliphatic rings. The molecule has 2 rings (SSSR count). The zero-order valence-electron chi connectivity index (χ0n) is 10.7. The molecular formula is C14H18Br2N2O. The van der Waals surface area contributed by atoms with Crippen molar-refractivity contribution >= 4 is 37.8 Å². The van der Waals surface area contributed by atoms with Crippen LogP contribution >= 0.6 is 31.9 Å². The molecule has 19 heavy (non-hydrogen) atoms. The molecule has 1 atom stereocenters. The second-order valence-corrected chi connectivity index (χ2v) is 6.72. The Morgan fingerprint density at radius 1 is 1.21 bits per heavy atom. The van der Waals surface area contributed by atoms with Crippen molar-refractivity contribution in [3.63, 3.8) is 0 Å². The number of nitrogens with two attached hydrogens (primary N) is 1. The number of rotatable bonds is 4. The van der Waals surface area contributed by atoms with Gasteiger partial charge in [-0.2, -0.15) is 0 Å². The number of carbonyl (C=O) groups is 1. The van der Waals surface area contributed by atoms with Gasteiger partial charge in [0.2, 0.25) is 5.91 Å². The van der Waals surface area contributed by atoms with Gasteiger partial charge in [0.15, 0.2) is 0 Å². The van der Waals surface area contributed by atoms with Crippen LogP contribution < -0.4 is 11.1 Å². The van der Waals surface area contributed by atoms with E-state index < -0.39 is 6.04 Å². The molecule has 0 heterocycles. The Morgan fingerprint density at radius 3 is 2.47 bits per heavy atom. The van der Waals surface area contributed by atoms with Crippen LogP contribution in [-0.4, -0.2) is 11.9 Å². The fourth-order valence-corrected chi connectivity index (χ4v) is 3.18. The van der Waals surface area contributed by atoms with Crippen LogP contribution in [0.2, 0.25) is 0 Å². The minimum atomic E-state index is -0.410. The molecule has 1 amide bonds. The van der Waals surface area contributed by atoms with Crippen LogP contribution in [0.1, 0.15) is 43.7 Å². The molecule has 1 unspecified atom stereocenters. The minimum Gasteiger partial charge on any atom is -0.368 e. The maximum atomic E-state index is 11.7. The first-order valence-electron chi connectivity index (χ1n) is 6.58. The summed E-state index contributed by atoms with van der Waals surface area (Å²) >= 11 is 6.89. The monoisotopic (exact) mass is 388 g/mol. The van der Waals surface area contributed by atoms with E-state index in [-0.39, 0.29) is 5.91 Å². The Morgan fingerprint density at radius 2 is 1.89 bits per heavy atom. The lowest BCUT2D eigenvalue weighted by Gasteiger charge is -2.27. The lowest BCUT2D eigenvalue weighted by molar-refractivity contribution is -0.120. The Bertz CT molecular complexity index is 459. The van der Waals surface area contributed by atoms with Crippen LogP contribution in [0.15, 0.2) is 27.1 Å². The summed E-state index contributed by atoms with van der Waals surface area (Å²) in [5.74, 6) is -0.320. The highest BCUT2D eigenvalue weighted by Crippen LogP contribution is 2.28. The van der Waals surface area contributed by atoms with Gasteiger partial charge in [0.25, 0.3) is 0 Å².